The summed E-state index contributed by atoms with van der Waals surface area (Å²) in [5.41, 5.74) is 5.34. The molecular formula is C22H24ClN5O4S. The van der Waals surface area contributed by atoms with Crippen LogP contribution in [0.25, 0.3) is 10.8 Å². The first-order valence-electron chi connectivity index (χ1n) is 9.87. The van der Waals surface area contributed by atoms with E-state index in [0.717, 1.165) is 8.72 Å². The molecule has 0 saturated carbocycles. The third-order valence-corrected chi connectivity index (χ3v) is 6.59. The Morgan fingerprint density at radius 2 is 1.82 bits per heavy atom. The van der Waals surface area contributed by atoms with Crippen molar-refractivity contribution in [3.63, 3.8) is 0 Å². The molecule has 0 spiro atoms. The summed E-state index contributed by atoms with van der Waals surface area (Å²) in [5.74, 6) is -1.09. The van der Waals surface area contributed by atoms with Crippen molar-refractivity contribution in [2.45, 2.75) is 31.3 Å². The second-order valence-corrected chi connectivity index (χ2v) is 10.3. The minimum Gasteiger partial charge on any atom is -0.459 e. The van der Waals surface area contributed by atoms with E-state index in [2.05, 4.69) is 4.98 Å². The Morgan fingerprint density at radius 3 is 2.42 bits per heavy atom. The molecule has 33 heavy (non-hydrogen) atoms. The largest absolute Gasteiger partial charge is 0.459 e. The fraction of sp³-hybridized carbons (Fsp3) is 0.227. The van der Waals surface area contributed by atoms with Gasteiger partial charge in [-0.05, 0) is 45.0 Å². The van der Waals surface area contributed by atoms with Crippen LogP contribution in [0.1, 0.15) is 20.8 Å². The molecule has 1 aromatic heterocycles. The summed E-state index contributed by atoms with van der Waals surface area (Å²) in [6.07, 6.45) is 2.90. The van der Waals surface area contributed by atoms with Crippen LogP contribution in [0.3, 0.4) is 0 Å². The molecule has 0 saturated heterocycles. The normalized spacial score (nSPS) is 11.8. The number of para-hydroxylation sites is 1. The highest BCUT2D eigenvalue weighted by Crippen LogP contribution is 2.31. The number of anilines is 2. The van der Waals surface area contributed by atoms with Gasteiger partial charge in [-0.3, -0.25) is 19.5 Å². The molecule has 1 heterocycles. The van der Waals surface area contributed by atoms with Crippen LogP contribution in [0, 0.1) is 5.41 Å². The second-order valence-electron chi connectivity index (χ2n) is 8.14. The number of aromatic nitrogens is 1. The van der Waals surface area contributed by atoms with Gasteiger partial charge in [0.15, 0.2) is 0 Å². The van der Waals surface area contributed by atoms with Gasteiger partial charge in [-0.15, -0.1) is 0 Å². The number of nitrogens with zero attached hydrogens (tertiary/aromatic N) is 3. The smallest absolute Gasteiger partial charge is 0.327 e. The molecule has 0 aliphatic heterocycles. The Morgan fingerprint density at radius 1 is 1.15 bits per heavy atom. The van der Waals surface area contributed by atoms with Gasteiger partial charge in [0.1, 0.15) is 12.1 Å². The molecule has 0 bridgehead atoms. The van der Waals surface area contributed by atoms with Crippen molar-refractivity contribution in [2.24, 2.45) is 5.73 Å². The lowest BCUT2D eigenvalue weighted by Crippen LogP contribution is -2.38. The first kappa shape index (κ1) is 24.3. The van der Waals surface area contributed by atoms with Crippen LogP contribution in [-0.2, 0) is 19.6 Å². The molecule has 3 rings (SSSR count). The lowest BCUT2D eigenvalue weighted by atomic mass is 10.1. The fourth-order valence-electron chi connectivity index (χ4n) is 3.11. The van der Waals surface area contributed by atoms with Gasteiger partial charge >= 0.3 is 5.97 Å². The highest BCUT2D eigenvalue weighted by molar-refractivity contribution is 7.92. The van der Waals surface area contributed by atoms with Gasteiger partial charge in [-0.25, -0.2) is 12.8 Å². The lowest BCUT2D eigenvalue weighted by molar-refractivity contribution is -0.152. The van der Waals surface area contributed by atoms with Gasteiger partial charge in [0.25, 0.3) is 10.0 Å². The van der Waals surface area contributed by atoms with Gasteiger partial charge < -0.3 is 10.5 Å². The van der Waals surface area contributed by atoms with Crippen molar-refractivity contribution in [1.82, 2.24) is 4.98 Å². The molecule has 11 heteroatoms. The molecule has 0 amide bonds. The Labute approximate surface area is 197 Å². The van der Waals surface area contributed by atoms with E-state index in [0.29, 0.717) is 22.1 Å². The lowest BCUT2D eigenvalue weighted by Gasteiger charge is -2.26. The third kappa shape index (κ3) is 5.52. The summed E-state index contributed by atoms with van der Waals surface area (Å²) in [7, 11) is -4.15. The number of rotatable bonds is 6. The van der Waals surface area contributed by atoms with Crippen LogP contribution in [0.2, 0.25) is 0 Å². The fourth-order valence-corrected chi connectivity index (χ4v) is 4.69. The maximum Gasteiger partial charge on any atom is 0.327 e. The van der Waals surface area contributed by atoms with E-state index in [-0.39, 0.29) is 4.90 Å². The van der Waals surface area contributed by atoms with Crippen molar-refractivity contribution < 1.29 is 17.9 Å². The van der Waals surface area contributed by atoms with Crippen LogP contribution in [-0.4, -0.2) is 37.5 Å². The standard InChI is InChI=1S/C22H24ClN5O4S/c1-22(2,3)32-20(29)14-27(16-7-5-4-6-8-16)33(30,31)17-9-10-18-15(11-17)12-26-13-19(18)28(23)21(24)25/h4-13H,14H2,1-3H3,(H3,24,25). The van der Waals surface area contributed by atoms with Gasteiger partial charge in [-0.2, -0.15) is 0 Å². The Hall–Kier alpha value is -3.37. The highest BCUT2D eigenvalue weighted by atomic mass is 35.5. The quantitative estimate of drug-likeness (QED) is 0.234. The number of pyridine rings is 1. The van der Waals surface area contributed by atoms with Crippen molar-refractivity contribution in [2.75, 3.05) is 15.3 Å². The number of ether oxygens (including phenoxy) is 1. The summed E-state index contributed by atoms with van der Waals surface area (Å²) in [6, 6.07) is 12.7. The number of hydrogen-bond donors (Lipinski definition) is 2. The van der Waals surface area contributed by atoms with Crippen LogP contribution < -0.4 is 14.5 Å². The van der Waals surface area contributed by atoms with E-state index in [1.807, 2.05) is 0 Å². The SMILES string of the molecule is CC(C)(C)OC(=O)CN(c1ccccc1)S(=O)(=O)c1ccc2c(N(Cl)C(=N)N)cncc2c1. The zero-order chi connectivity index (χ0) is 24.4. The molecule has 3 N–H and O–H groups in total. The van der Waals surface area contributed by atoms with E-state index in [1.165, 1.54) is 24.5 Å². The van der Waals surface area contributed by atoms with Gasteiger partial charge in [-0.1, -0.05) is 24.3 Å². The van der Waals surface area contributed by atoms with E-state index < -0.39 is 34.1 Å². The molecule has 2 aromatic carbocycles. The Bertz CT molecular complexity index is 1290. The van der Waals surface area contributed by atoms with Gasteiger partial charge in [0.2, 0.25) is 5.96 Å². The number of benzene rings is 2. The van der Waals surface area contributed by atoms with Crippen LogP contribution in [0.4, 0.5) is 11.4 Å². The number of guanidine groups is 1. The molecule has 3 aromatic rings. The first-order valence-corrected chi connectivity index (χ1v) is 11.7. The minimum atomic E-state index is -4.15. The Balaban J connectivity index is 2.07. The van der Waals surface area contributed by atoms with E-state index in [9.17, 15) is 13.2 Å². The van der Waals surface area contributed by atoms with E-state index in [4.69, 9.17) is 27.7 Å². The number of sulfonamides is 1. The average molecular weight is 490 g/mol. The number of nitrogens with one attached hydrogen (secondary N) is 1. The highest BCUT2D eigenvalue weighted by Gasteiger charge is 2.29. The predicted molar refractivity (Wildman–Crippen MR) is 129 cm³/mol. The predicted octanol–water partition coefficient (Wildman–Crippen LogP) is 3.63. The molecule has 174 valence electrons. The summed E-state index contributed by atoms with van der Waals surface area (Å²) < 4.78 is 34.5. The number of esters is 1. The monoisotopic (exact) mass is 489 g/mol. The average Bonchev–Trinajstić information content (AvgIpc) is 2.75. The van der Waals surface area contributed by atoms with Gasteiger partial charge in [0, 0.05) is 28.7 Å². The molecular weight excluding hydrogens is 466 g/mol. The minimum absolute atomic E-state index is 0.0506. The van der Waals surface area contributed by atoms with Crippen molar-refractivity contribution in [3.8, 4) is 0 Å². The van der Waals surface area contributed by atoms with Gasteiger partial charge in [0.05, 0.1) is 22.5 Å². The maximum absolute atomic E-state index is 13.6. The number of hydrogen-bond acceptors (Lipinski definition) is 6. The van der Waals surface area contributed by atoms with Crippen LogP contribution in [0.5, 0.6) is 0 Å². The third-order valence-electron chi connectivity index (χ3n) is 4.46. The van der Waals surface area contributed by atoms with Crippen molar-refractivity contribution in [1.29, 1.82) is 5.41 Å². The summed E-state index contributed by atoms with van der Waals surface area (Å²) in [4.78, 5) is 16.5. The van der Waals surface area contributed by atoms with Crippen molar-refractivity contribution in [3.05, 3.63) is 60.9 Å². The van der Waals surface area contributed by atoms with E-state index >= 15 is 0 Å². The number of carbonyl (C=O) groups is 1. The van der Waals surface area contributed by atoms with Crippen molar-refractivity contribution >= 4 is 55.9 Å². The van der Waals surface area contributed by atoms with Crippen LogP contribution >= 0.6 is 11.8 Å². The number of fused-ring (bicyclic) bond motifs is 1. The zero-order valence-corrected chi connectivity index (χ0v) is 19.9. The molecule has 0 atom stereocenters. The number of halogens is 1. The molecule has 0 fully saturated rings. The zero-order valence-electron chi connectivity index (χ0n) is 18.3. The summed E-state index contributed by atoms with van der Waals surface area (Å²) in [5, 5.41) is 8.54. The summed E-state index contributed by atoms with van der Waals surface area (Å²) >= 11 is 6.06. The first-order chi connectivity index (χ1) is 15.4. The topological polar surface area (TPSA) is 130 Å². The number of nitrogens with two attached hydrogens (primary N) is 1. The number of carbonyl (C=O) groups excluding carboxylic acids is 1. The molecule has 0 unspecified atom stereocenters. The maximum atomic E-state index is 13.6. The molecule has 9 nitrogen and oxygen atoms in total. The molecule has 0 aliphatic carbocycles. The second kappa shape index (κ2) is 9.24. The molecule has 0 aliphatic rings. The summed E-state index contributed by atoms with van der Waals surface area (Å²) in [6.45, 7) is 4.63. The van der Waals surface area contributed by atoms with Crippen LogP contribution in [0.15, 0.2) is 65.8 Å². The van der Waals surface area contributed by atoms with E-state index in [1.54, 1.807) is 57.2 Å². The molecule has 0 radical (unpaired) electrons. The Kier molecular flexibility index (Phi) is 6.80.